The molecule has 0 atom stereocenters. The molecule has 1 saturated heterocycles. The molecule has 1 fully saturated rings. The Morgan fingerprint density at radius 3 is 2.39 bits per heavy atom. The van der Waals surface area contributed by atoms with E-state index in [1.807, 2.05) is 4.57 Å². The van der Waals surface area contributed by atoms with Crippen LogP contribution in [0, 0.1) is 0 Å². The molecule has 1 aliphatic rings. The van der Waals surface area contributed by atoms with Crippen LogP contribution in [0.4, 0.5) is 0 Å². The quantitative estimate of drug-likeness (QED) is 0.350. The van der Waals surface area contributed by atoms with Gasteiger partial charge in [-0.1, -0.05) is 30.7 Å². The largest absolute Gasteiger partial charge is 0.352 e. The molecule has 8 heteroatoms. The molecule has 0 amide bonds. The summed E-state index contributed by atoms with van der Waals surface area (Å²) < 4.78 is 2.02. The highest BCUT2D eigenvalue weighted by atomic mass is 127. The number of aryl methyl sites for hydroxylation is 1. The van der Waals surface area contributed by atoms with Gasteiger partial charge in [0.05, 0.1) is 6.54 Å². The summed E-state index contributed by atoms with van der Waals surface area (Å²) in [6, 6.07) is 8.89. The van der Waals surface area contributed by atoms with Gasteiger partial charge < -0.3 is 15.2 Å². The van der Waals surface area contributed by atoms with Gasteiger partial charge in [-0.2, -0.15) is 0 Å². The standard InChI is InChI=1S/C20H31N7.HI/c1-3-27-16-24-25-19(27)14-23-20(21-2)22-13-17-7-9-18(10-8-17)15-26-11-5-4-6-12-26;/h7-10,16H,3-6,11-15H2,1-2H3,(H2,21,22,23);1H. The number of nitrogens with zero attached hydrogens (tertiary/aromatic N) is 5. The van der Waals surface area contributed by atoms with Crippen LogP contribution in [0.25, 0.3) is 0 Å². The van der Waals surface area contributed by atoms with Crippen molar-refractivity contribution in [2.45, 2.75) is 52.4 Å². The Morgan fingerprint density at radius 1 is 1.04 bits per heavy atom. The average molecular weight is 497 g/mol. The minimum atomic E-state index is 0. The fourth-order valence-electron chi connectivity index (χ4n) is 3.39. The van der Waals surface area contributed by atoms with Gasteiger partial charge in [-0.05, 0) is 44.0 Å². The minimum Gasteiger partial charge on any atom is -0.352 e. The molecule has 0 unspecified atom stereocenters. The van der Waals surface area contributed by atoms with E-state index in [0.717, 1.165) is 31.4 Å². The first-order valence-electron chi connectivity index (χ1n) is 9.90. The van der Waals surface area contributed by atoms with Crippen LogP contribution in [-0.4, -0.2) is 45.8 Å². The number of nitrogens with one attached hydrogen (secondary N) is 2. The molecule has 3 rings (SSSR count). The van der Waals surface area contributed by atoms with E-state index in [-0.39, 0.29) is 24.0 Å². The molecule has 0 aliphatic carbocycles. The number of halogens is 1. The van der Waals surface area contributed by atoms with Crippen LogP contribution in [0.2, 0.25) is 0 Å². The Labute approximate surface area is 185 Å². The van der Waals surface area contributed by atoms with Gasteiger partial charge in [-0.25, -0.2) is 0 Å². The summed E-state index contributed by atoms with van der Waals surface area (Å²) >= 11 is 0. The van der Waals surface area contributed by atoms with Crippen LogP contribution >= 0.6 is 24.0 Å². The van der Waals surface area contributed by atoms with Crippen LogP contribution in [0.15, 0.2) is 35.6 Å². The molecule has 1 aromatic carbocycles. The van der Waals surface area contributed by atoms with E-state index in [1.54, 1.807) is 13.4 Å². The number of likely N-dealkylation sites (tertiary alicyclic amines) is 1. The molecule has 1 aromatic heterocycles. The van der Waals surface area contributed by atoms with E-state index in [0.29, 0.717) is 6.54 Å². The van der Waals surface area contributed by atoms with E-state index < -0.39 is 0 Å². The lowest BCUT2D eigenvalue weighted by Crippen LogP contribution is -2.37. The number of guanidine groups is 1. The maximum atomic E-state index is 4.28. The monoisotopic (exact) mass is 497 g/mol. The van der Waals surface area contributed by atoms with Gasteiger partial charge in [0.25, 0.3) is 0 Å². The molecule has 0 spiro atoms. The molecule has 0 bridgehead atoms. The van der Waals surface area contributed by atoms with Crippen LogP contribution < -0.4 is 10.6 Å². The molecule has 154 valence electrons. The van der Waals surface area contributed by atoms with Crippen molar-refractivity contribution in [1.29, 1.82) is 0 Å². The molecule has 1 aliphatic heterocycles. The summed E-state index contributed by atoms with van der Waals surface area (Å²) in [6.07, 6.45) is 5.80. The van der Waals surface area contributed by atoms with Crippen molar-refractivity contribution < 1.29 is 0 Å². The maximum Gasteiger partial charge on any atom is 0.191 e. The summed E-state index contributed by atoms with van der Waals surface area (Å²) in [4.78, 5) is 6.84. The van der Waals surface area contributed by atoms with Gasteiger partial charge in [0.15, 0.2) is 11.8 Å². The smallest absolute Gasteiger partial charge is 0.191 e. The van der Waals surface area contributed by atoms with Gasteiger partial charge in [-0.15, -0.1) is 34.2 Å². The maximum absolute atomic E-state index is 4.28. The highest BCUT2D eigenvalue weighted by molar-refractivity contribution is 14.0. The van der Waals surface area contributed by atoms with Crippen molar-refractivity contribution in [2.75, 3.05) is 20.1 Å². The van der Waals surface area contributed by atoms with Crippen LogP contribution in [0.5, 0.6) is 0 Å². The molecular formula is C20H32IN7. The molecule has 2 heterocycles. The van der Waals surface area contributed by atoms with Crippen molar-refractivity contribution in [1.82, 2.24) is 30.3 Å². The van der Waals surface area contributed by atoms with Crippen LogP contribution in [0.3, 0.4) is 0 Å². The summed E-state index contributed by atoms with van der Waals surface area (Å²) in [5.74, 6) is 1.67. The Hall–Kier alpha value is -1.68. The van der Waals surface area contributed by atoms with Gasteiger partial charge in [0, 0.05) is 26.7 Å². The number of aliphatic imine (C=N–C) groups is 1. The Bertz CT molecular complexity index is 720. The molecule has 0 radical (unpaired) electrons. The lowest BCUT2D eigenvalue weighted by Gasteiger charge is -2.26. The van der Waals surface area contributed by atoms with Gasteiger partial charge >= 0.3 is 0 Å². The predicted molar refractivity (Wildman–Crippen MR) is 124 cm³/mol. The first-order valence-corrected chi connectivity index (χ1v) is 9.90. The van der Waals surface area contributed by atoms with Crippen molar-refractivity contribution in [3.8, 4) is 0 Å². The second kappa shape index (κ2) is 12.0. The van der Waals surface area contributed by atoms with Crippen LogP contribution in [-0.2, 0) is 26.2 Å². The molecule has 2 N–H and O–H groups in total. The summed E-state index contributed by atoms with van der Waals surface area (Å²) in [7, 11) is 1.78. The zero-order chi connectivity index (χ0) is 18.9. The lowest BCUT2D eigenvalue weighted by molar-refractivity contribution is 0.221. The SMILES string of the molecule is CCn1cnnc1CNC(=NC)NCc1ccc(CN2CCCCC2)cc1.I. The molecule has 28 heavy (non-hydrogen) atoms. The number of rotatable bonds is 7. The van der Waals surface area contributed by atoms with E-state index >= 15 is 0 Å². The van der Waals surface area contributed by atoms with Crippen molar-refractivity contribution in [2.24, 2.45) is 4.99 Å². The van der Waals surface area contributed by atoms with E-state index in [2.05, 4.69) is 61.9 Å². The van der Waals surface area contributed by atoms with Crippen molar-refractivity contribution in [3.05, 3.63) is 47.5 Å². The normalized spacial score (nSPS) is 15.1. The number of hydrogen-bond donors (Lipinski definition) is 2. The third kappa shape index (κ3) is 6.73. The third-order valence-electron chi connectivity index (χ3n) is 5.01. The van der Waals surface area contributed by atoms with Gasteiger partial charge in [0.1, 0.15) is 6.33 Å². The fourth-order valence-corrected chi connectivity index (χ4v) is 3.39. The van der Waals surface area contributed by atoms with Gasteiger partial charge in [0.2, 0.25) is 0 Å². The molecular weight excluding hydrogens is 465 g/mol. The average Bonchev–Trinajstić information content (AvgIpc) is 3.18. The Kier molecular flexibility index (Phi) is 9.69. The predicted octanol–water partition coefficient (Wildman–Crippen LogP) is 2.77. The minimum absolute atomic E-state index is 0. The van der Waals surface area contributed by atoms with Crippen molar-refractivity contribution in [3.63, 3.8) is 0 Å². The third-order valence-corrected chi connectivity index (χ3v) is 5.01. The lowest BCUT2D eigenvalue weighted by atomic mass is 10.1. The number of aromatic nitrogens is 3. The highest BCUT2D eigenvalue weighted by Gasteiger charge is 2.10. The molecule has 2 aromatic rings. The Balaban J connectivity index is 0.00000280. The first kappa shape index (κ1) is 22.6. The van der Waals surface area contributed by atoms with E-state index in [9.17, 15) is 0 Å². The fraction of sp³-hybridized carbons (Fsp3) is 0.550. The summed E-state index contributed by atoms with van der Waals surface area (Å²) in [5.41, 5.74) is 2.64. The van der Waals surface area contributed by atoms with E-state index in [4.69, 9.17) is 0 Å². The first-order chi connectivity index (χ1) is 13.3. The topological polar surface area (TPSA) is 70.4 Å². The number of hydrogen-bond acceptors (Lipinski definition) is 4. The van der Waals surface area contributed by atoms with E-state index in [1.165, 1.54) is 43.5 Å². The zero-order valence-corrected chi connectivity index (χ0v) is 19.2. The summed E-state index contributed by atoms with van der Waals surface area (Å²) in [5, 5.41) is 14.7. The zero-order valence-electron chi connectivity index (χ0n) is 16.9. The Morgan fingerprint density at radius 2 is 1.71 bits per heavy atom. The highest BCUT2D eigenvalue weighted by Crippen LogP contribution is 2.13. The number of benzene rings is 1. The summed E-state index contributed by atoms with van der Waals surface area (Å²) in [6.45, 7) is 7.81. The van der Waals surface area contributed by atoms with Crippen molar-refractivity contribution >= 4 is 29.9 Å². The molecule has 0 saturated carbocycles. The van der Waals surface area contributed by atoms with Gasteiger partial charge in [-0.3, -0.25) is 9.89 Å². The molecule has 7 nitrogen and oxygen atoms in total. The van der Waals surface area contributed by atoms with Crippen LogP contribution in [0.1, 0.15) is 43.1 Å². The second-order valence-electron chi connectivity index (χ2n) is 6.97. The second-order valence-corrected chi connectivity index (χ2v) is 6.97. The number of piperidine rings is 1.